The van der Waals surface area contributed by atoms with Gasteiger partial charge < -0.3 is 20.1 Å². The van der Waals surface area contributed by atoms with E-state index in [1.54, 1.807) is 11.9 Å². The number of nitrogens with zero attached hydrogens (tertiary/aromatic N) is 1. The number of amides is 2. The van der Waals surface area contributed by atoms with Gasteiger partial charge in [0.2, 0.25) is 5.91 Å². The number of carbonyl (C=O) groups is 2. The molecule has 2 atom stereocenters. The summed E-state index contributed by atoms with van der Waals surface area (Å²) in [5, 5.41) is 10.9. The highest BCUT2D eigenvalue weighted by atomic mass is 16.5. The molecule has 6 heteroatoms. The molecular formula is C11H20N2O4. The van der Waals surface area contributed by atoms with Crippen molar-refractivity contribution >= 4 is 12.0 Å². The Hall–Kier alpha value is -1.30. The van der Waals surface area contributed by atoms with Crippen molar-refractivity contribution < 1.29 is 19.4 Å². The molecule has 0 saturated carbocycles. The lowest BCUT2D eigenvalue weighted by Crippen LogP contribution is -2.43. The Labute approximate surface area is 101 Å². The highest BCUT2D eigenvalue weighted by molar-refractivity contribution is 5.76. The normalized spacial score (nSPS) is 24.1. The summed E-state index contributed by atoms with van der Waals surface area (Å²) in [6, 6.07) is -0.150. The molecule has 0 aliphatic carbocycles. The van der Waals surface area contributed by atoms with Crippen molar-refractivity contribution in [2.45, 2.75) is 38.3 Å². The van der Waals surface area contributed by atoms with E-state index in [0.29, 0.717) is 26.0 Å². The van der Waals surface area contributed by atoms with Gasteiger partial charge in [0, 0.05) is 13.6 Å². The molecule has 0 radical (unpaired) electrons. The summed E-state index contributed by atoms with van der Waals surface area (Å²) in [5.41, 5.74) is 0. The molecule has 1 fully saturated rings. The van der Waals surface area contributed by atoms with Gasteiger partial charge in [-0.15, -0.1) is 0 Å². The van der Waals surface area contributed by atoms with E-state index < -0.39 is 6.09 Å². The van der Waals surface area contributed by atoms with Crippen LogP contribution in [0, 0.1) is 0 Å². The second-order valence-corrected chi connectivity index (χ2v) is 4.29. The summed E-state index contributed by atoms with van der Waals surface area (Å²) in [4.78, 5) is 23.7. The predicted molar refractivity (Wildman–Crippen MR) is 61.9 cm³/mol. The molecule has 0 bridgehead atoms. The maximum atomic E-state index is 11.6. The fourth-order valence-electron chi connectivity index (χ4n) is 1.78. The maximum absolute atomic E-state index is 11.6. The third kappa shape index (κ3) is 4.60. The van der Waals surface area contributed by atoms with Crippen LogP contribution in [0.3, 0.4) is 0 Å². The van der Waals surface area contributed by atoms with Crippen molar-refractivity contribution in [1.82, 2.24) is 10.2 Å². The van der Waals surface area contributed by atoms with Crippen LogP contribution in [0.1, 0.15) is 26.2 Å². The zero-order chi connectivity index (χ0) is 12.8. The first-order valence-electron chi connectivity index (χ1n) is 5.88. The Morgan fingerprint density at radius 2 is 2.18 bits per heavy atom. The van der Waals surface area contributed by atoms with Gasteiger partial charge in [0.05, 0.1) is 25.2 Å². The summed E-state index contributed by atoms with van der Waals surface area (Å²) in [6.45, 7) is 2.96. The lowest BCUT2D eigenvalue weighted by Gasteiger charge is -2.29. The van der Waals surface area contributed by atoms with E-state index in [-0.39, 0.29) is 18.1 Å². The molecule has 0 spiro atoms. The minimum atomic E-state index is -1.03. The Morgan fingerprint density at radius 1 is 1.47 bits per heavy atom. The fourth-order valence-corrected chi connectivity index (χ4v) is 1.78. The Kier molecular flexibility index (Phi) is 5.21. The highest BCUT2D eigenvalue weighted by Crippen LogP contribution is 2.17. The van der Waals surface area contributed by atoms with Gasteiger partial charge in [-0.2, -0.15) is 0 Å². The summed E-state index contributed by atoms with van der Waals surface area (Å²) >= 11 is 0. The summed E-state index contributed by atoms with van der Waals surface area (Å²) in [6.07, 6.45) is 0.709. The van der Waals surface area contributed by atoms with Crippen LogP contribution >= 0.6 is 0 Å². The first-order valence-corrected chi connectivity index (χ1v) is 5.88. The lowest BCUT2D eigenvalue weighted by atomic mass is 10.0. The molecule has 0 aromatic carbocycles. The summed E-state index contributed by atoms with van der Waals surface area (Å²) in [5.74, 6) is 0.0714. The van der Waals surface area contributed by atoms with Gasteiger partial charge in [0.1, 0.15) is 0 Å². The molecule has 1 rings (SSSR count). The number of carbonyl (C=O) groups excluding carboxylic acids is 1. The van der Waals surface area contributed by atoms with Crippen molar-refractivity contribution in [3.63, 3.8) is 0 Å². The summed E-state index contributed by atoms with van der Waals surface area (Å²) < 4.78 is 5.48. The first kappa shape index (κ1) is 13.8. The molecule has 1 heterocycles. The van der Waals surface area contributed by atoms with E-state index in [0.717, 1.165) is 6.42 Å². The molecule has 2 amide bonds. The largest absolute Gasteiger partial charge is 0.465 e. The third-order valence-electron chi connectivity index (χ3n) is 3.00. The van der Waals surface area contributed by atoms with Crippen LogP contribution in [-0.2, 0) is 9.53 Å². The molecule has 1 aliphatic rings. The van der Waals surface area contributed by atoms with Gasteiger partial charge in [-0.3, -0.25) is 4.79 Å². The third-order valence-corrected chi connectivity index (χ3v) is 3.00. The van der Waals surface area contributed by atoms with E-state index in [9.17, 15) is 9.59 Å². The number of hydrogen-bond acceptors (Lipinski definition) is 3. The Balaban J connectivity index is 2.27. The topological polar surface area (TPSA) is 78.9 Å². The number of ether oxygens (including phenoxy) is 1. The second kappa shape index (κ2) is 6.44. The zero-order valence-corrected chi connectivity index (χ0v) is 10.3. The van der Waals surface area contributed by atoms with Gasteiger partial charge in [-0.05, 0) is 19.8 Å². The predicted octanol–water partition coefficient (Wildman–Crippen LogP) is 0.670. The van der Waals surface area contributed by atoms with Crippen LogP contribution in [0.15, 0.2) is 0 Å². The van der Waals surface area contributed by atoms with Gasteiger partial charge in [-0.1, -0.05) is 0 Å². The molecule has 0 aromatic rings. The fraction of sp³-hybridized carbons (Fsp3) is 0.818. The van der Waals surface area contributed by atoms with Crippen LogP contribution in [0.2, 0.25) is 0 Å². The van der Waals surface area contributed by atoms with Crippen LogP contribution in [0.25, 0.3) is 0 Å². The van der Waals surface area contributed by atoms with Crippen LogP contribution in [0.4, 0.5) is 4.79 Å². The first-order chi connectivity index (χ1) is 8.02. The maximum Gasteiger partial charge on any atom is 0.404 e. The average molecular weight is 244 g/mol. The minimum Gasteiger partial charge on any atom is -0.465 e. The van der Waals surface area contributed by atoms with E-state index in [4.69, 9.17) is 9.84 Å². The average Bonchev–Trinajstić information content (AvgIpc) is 2.30. The van der Waals surface area contributed by atoms with Crippen molar-refractivity contribution in [3.8, 4) is 0 Å². The van der Waals surface area contributed by atoms with Gasteiger partial charge in [0.15, 0.2) is 0 Å². The molecule has 0 aromatic heterocycles. The van der Waals surface area contributed by atoms with E-state index >= 15 is 0 Å². The van der Waals surface area contributed by atoms with Gasteiger partial charge in [0.25, 0.3) is 0 Å². The summed E-state index contributed by atoms with van der Waals surface area (Å²) in [7, 11) is 1.76. The number of nitrogens with one attached hydrogen (secondary N) is 1. The van der Waals surface area contributed by atoms with E-state index in [1.807, 2.05) is 6.92 Å². The van der Waals surface area contributed by atoms with E-state index in [1.165, 1.54) is 0 Å². The quantitative estimate of drug-likeness (QED) is 0.762. The molecule has 1 aliphatic heterocycles. The lowest BCUT2D eigenvalue weighted by molar-refractivity contribution is -0.134. The molecule has 98 valence electrons. The van der Waals surface area contributed by atoms with Crippen molar-refractivity contribution in [2.24, 2.45) is 0 Å². The minimum absolute atomic E-state index is 0.0714. The van der Waals surface area contributed by atoms with Gasteiger partial charge in [-0.25, -0.2) is 4.79 Å². The van der Waals surface area contributed by atoms with Crippen LogP contribution in [-0.4, -0.2) is 54.4 Å². The van der Waals surface area contributed by atoms with Crippen molar-refractivity contribution in [3.05, 3.63) is 0 Å². The Bertz CT molecular complexity index is 275. The highest BCUT2D eigenvalue weighted by Gasteiger charge is 2.25. The van der Waals surface area contributed by atoms with Crippen molar-refractivity contribution in [2.75, 3.05) is 20.2 Å². The smallest absolute Gasteiger partial charge is 0.404 e. The second-order valence-electron chi connectivity index (χ2n) is 4.29. The molecular weight excluding hydrogens is 224 g/mol. The molecule has 6 nitrogen and oxygen atoms in total. The number of carboxylic acid groups (broad SMARTS) is 1. The van der Waals surface area contributed by atoms with E-state index in [2.05, 4.69) is 5.32 Å². The SMILES string of the molecule is CCN(C)C(=O)C[C@@H]1CC[C@@H](NC(=O)O)CO1. The van der Waals surface area contributed by atoms with Crippen molar-refractivity contribution in [1.29, 1.82) is 0 Å². The molecule has 1 saturated heterocycles. The number of hydrogen-bond donors (Lipinski definition) is 2. The monoisotopic (exact) mass is 244 g/mol. The van der Waals surface area contributed by atoms with Gasteiger partial charge >= 0.3 is 6.09 Å². The van der Waals surface area contributed by atoms with Crippen LogP contribution < -0.4 is 5.32 Å². The van der Waals surface area contributed by atoms with Crippen LogP contribution in [0.5, 0.6) is 0 Å². The Morgan fingerprint density at radius 3 is 2.65 bits per heavy atom. The molecule has 17 heavy (non-hydrogen) atoms. The zero-order valence-electron chi connectivity index (χ0n) is 10.3. The molecule has 2 N–H and O–H groups in total. The number of rotatable bonds is 4. The standard InChI is InChI=1S/C11H20N2O4/c1-3-13(2)10(14)6-9-5-4-8(7-17-9)12-11(15)16/h8-9,12H,3-7H2,1-2H3,(H,15,16)/t8-,9+/m1/s1. The molecule has 0 unspecified atom stereocenters.